The number of halogens is 1. The number of ether oxygens (including phenoxy) is 1. The molecule has 17 heavy (non-hydrogen) atoms. The standard InChI is InChI=1S/C12H22N2O2.ClH/c1-10-9-13-5-6-14(10)12(15)8-11-4-2-3-7-16-11;/h10-11,13H,2-9H2,1H3;1H. The fourth-order valence-electron chi connectivity index (χ4n) is 2.49. The second kappa shape index (κ2) is 7.19. The third-order valence-corrected chi connectivity index (χ3v) is 3.50. The minimum Gasteiger partial charge on any atom is -0.378 e. The van der Waals surface area contributed by atoms with Crippen molar-refractivity contribution in [3.8, 4) is 0 Å². The number of piperazine rings is 1. The van der Waals surface area contributed by atoms with Crippen LogP contribution in [0.25, 0.3) is 0 Å². The van der Waals surface area contributed by atoms with Crippen LogP contribution >= 0.6 is 12.4 Å². The van der Waals surface area contributed by atoms with Crippen LogP contribution in [0.15, 0.2) is 0 Å². The second-order valence-electron chi connectivity index (χ2n) is 4.83. The van der Waals surface area contributed by atoms with Crippen LogP contribution in [0, 0.1) is 0 Å². The SMILES string of the molecule is CC1CNCCN1C(=O)CC1CCCCO1.Cl. The lowest BCUT2D eigenvalue weighted by molar-refractivity contribution is -0.137. The maximum atomic E-state index is 12.1. The molecule has 0 saturated carbocycles. The highest BCUT2D eigenvalue weighted by Gasteiger charge is 2.26. The molecule has 2 heterocycles. The predicted molar refractivity (Wildman–Crippen MR) is 69.5 cm³/mol. The fraction of sp³-hybridized carbons (Fsp3) is 0.917. The lowest BCUT2D eigenvalue weighted by atomic mass is 10.0. The Labute approximate surface area is 109 Å². The van der Waals surface area contributed by atoms with Crippen molar-refractivity contribution in [3.63, 3.8) is 0 Å². The van der Waals surface area contributed by atoms with Gasteiger partial charge in [-0.15, -0.1) is 12.4 Å². The summed E-state index contributed by atoms with van der Waals surface area (Å²) in [5.41, 5.74) is 0. The molecule has 2 rings (SSSR count). The molecule has 2 unspecified atom stereocenters. The summed E-state index contributed by atoms with van der Waals surface area (Å²) in [5.74, 6) is 0.265. The van der Waals surface area contributed by atoms with Gasteiger partial charge in [-0.25, -0.2) is 0 Å². The first kappa shape index (κ1) is 14.7. The van der Waals surface area contributed by atoms with Gasteiger partial charge in [-0.3, -0.25) is 4.79 Å². The molecule has 4 nitrogen and oxygen atoms in total. The molecule has 2 aliphatic heterocycles. The zero-order chi connectivity index (χ0) is 11.4. The van der Waals surface area contributed by atoms with E-state index in [2.05, 4.69) is 12.2 Å². The van der Waals surface area contributed by atoms with E-state index in [-0.39, 0.29) is 24.4 Å². The lowest BCUT2D eigenvalue weighted by Gasteiger charge is -2.35. The molecule has 0 bridgehead atoms. The minimum atomic E-state index is 0. The Bertz CT molecular complexity index is 245. The molecule has 1 amide bonds. The van der Waals surface area contributed by atoms with Crippen molar-refractivity contribution in [3.05, 3.63) is 0 Å². The number of nitrogens with zero attached hydrogens (tertiary/aromatic N) is 1. The van der Waals surface area contributed by atoms with Crippen LogP contribution in [-0.4, -0.2) is 49.2 Å². The zero-order valence-corrected chi connectivity index (χ0v) is 11.3. The third-order valence-electron chi connectivity index (χ3n) is 3.50. The van der Waals surface area contributed by atoms with E-state index < -0.39 is 0 Å². The highest BCUT2D eigenvalue weighted by molar-refractivity contribution is 5.85. The molecule has 2 fully saturated rings. The Morgan fingerprint density at radius 3 is 2.94 bits per heavy atom. The van der Waals surface area contributed by atoms with Crippen molar-refractivity contribution in [2.45, 2.75) is 44.8 Å². The van der Waals surface area contributed by atoms with Gasteiger partial charge in [-0.05, 0) is 26.2 Å². The normalized spacial score (nSPS) is 29.6. The van der Waals surface area contributed by atoms with E-state index in [9.17, 15) is 4.79 Å². The van der Waals surface area contributed by atoms with E-state index in [4.69, 9.17) is 4.74 Å². The van der Waals surface area contributed by atoms with Crippen molar-refractivity contribution in [1.29, 1.82) is 0 Å². The molecule has 2 aliphatic rings. The van der Waals surface area contributed by atoms with E-state index in [0.29, 0.717) is 12.5 Å². The quantitative estimate of drug-likeness (QED) is 0.813. The molecule has 100 valence electrons. The van der Waals surface area contributed by atoms with Gasteiger partial charge in [0.15, 0.2) is 0 Å². The van der Waals surface area contributed by atoms with Crippen LogP contribution in [0.3, 0.4) is 0 Å². The van der Waals surface area contributed by atoms with Crippen LogP contribution in [0.2, 0.25) is 0 Å². The molecule has 2 saturated heterocycles. The maximum absolute atomic E-state index is 12.1. The summed E-state index contributed by atoms with van der Waals surface area (Å²) in [4.78, 5) is 14.1. The summed E-state index contributed by atoms with van der Waals surface area (Å²) < 4.78 is 5.61. The van der Waals surface area contributed by atoms with Gasteiger partial charge >= 0.3 is 0 Å². The molecule has 0 spiro atoms. The van der Waals surface area contributed by atoms with E-state index >= 15 is 0 Å². The van der Waals surface area contributed by atoms with Gasteiger partial charge in [-0.1, -0.05) is 0 Å². The van der Waals surface area contributed by atoms with Gasteiger partial charge in [0, 0.05) is 32.3 Å². The number of hydrogen-bond acceptors (Lipinski definition) is 3. The Morgan fingerprint density at radius 1 is 1.47 bits per heavy atom. The summed E-state index contributed by atoms with van der Waals surface area (Å²) in [5, 5.41) is 3.30. The van der Waals surface area contributed by atoms with Crippen molar-refractivity contribution < 1.29 is 9.53 Å². The summed E-state index contributed by atoms with van der Waals surface area (Å²) in [7, 11) is 0. The number of carbonyl (C=O) groups excluding carboxylic acids is 1. The Balaban J connectivity index is 0.00000144. The van der Waals surface area contributed by atoms with Gasteiger partial charge in [-0.2, -0.15) is 0 Å². The van der Waals surface area contributed by atoms with Crippen LogP contribution in [0.4, 0.5) is 0 Å². The minimum absolute atomic E-state index is 0. The maximum Gasteiger partial charge on any atom is 0.225 e. The Hall–Kier alpha value is -0.320. The zero-order valence-electron chi connectivity index (χ0n) is 10.5. The number of carbonyl (C=O) groups is 1. The predicted octanol–water partition coefficient (Wildman–Crippen LogP) is 1.19. The fourth-order valence-corrected chi connectivity index (χ4v) is 2.49. The van der Waals surface area contributed by atoms with Crippen LogP contribution in [0.5, 0.6) is 0 Å². The van der Waals surface area contributed by atoms with Gasteiger partial charge in [0.05, 0.1) is 12.5 Å². The highest BCUT2D eigenvalue weighted by atomic mass is 35.5. The average molecular weight is 263 g/mol. The monoisotopic (exact) mass is 262 g/mol. The molecular formula is C12H23ClN2O2. The summed E-state index contributed by atoms with van der Waals surface area (Å²) in [6, 6.07) is 0.324. The summed E-state index contributed by atoms with van der Waals surface area (Å²) in [6.45, 7) is 5.60. The van der Waals surface area contributed by atoms with Gasteiger partial charge in [0.2, 0.25) is 5.91 Å². The van der Waals surface area contributed by atoms with Crippen LogP contribution in [-0.2, 0) is 9.53 Å². The summed E-state index contributed by atoms with van der Waals surface area (Å²) in [6.07, 6.45) is 4.14. The van der Waals surface area contributed by atoms with Crippen molar-refractivity contribution in [2.24, 2.45) is 0 Å². The molecule has 1 N–H and O–H groups in total. The first-order chi connectivity index (χ1) is 7.77. The topological polar surface area (TPSA) is 41.6 Å². The molecular weight excluding hydrogens is 240 g/mol. The van der Waals surface area contributed by atoms with E-state index in [1.807, 2.05) is 4.90 Å². The van der Waals surface area contributed by atoms with Gasteiger partial charge in [0.25, 0.3) is 0 Å². The van der Waals surface area contributed by atoms with E-state index in [0.717, 1.165) is 39.1 Å². The molecule has 0 radical (unpaired) electrons. The first-order valence-electron chi connectivity index (χ1n) is 6.39. The number of rotatable bonds is 2. The summed E-state index contributed by atoms with van der Waals surface area (Å²) >= 11 is 0. The third kappa shape index (κ3) is 4.12. The van der Waals surface area contributed by atoms with Gasteiger partial charge < -0.3 is 15.0 Å². The number of nitrogens with one attached hydrogen (secondary N) is 1. The van der Waals surface area contributed by atoms with Crippen molar-refractivity contribution in [2.75, 3.05) is 26.2 Å². The van der Waals surface area contributed by atoms with Gasteiger partial charge in [0.1, 0.15) is 0 Å². The number of hydrogen-bond donors (Lipinski definition) is 1. The Morgan fingerprint density at radius 2 is 2.29 bits per heavy atom. The molecule has 5 heteroatoms. The second-order valence-corrected chi connectivity index (χ2v) is 4.83. The molecule has 0 aliphatic carbocycles. The Kier molecular flexibility index (Phi) is 6.23. The molecule has 0 aromatic heterocycles. The van der Waals surface area contributed by atoms with Crippen molar-refractivity contribution in [1.82, 2.24) is 10.2 Å². The molecule has 0 aromatic rings. The van der Waals surface area contributed by atoms with E-state index in [1.165, 1.54) is 6.42 Å². The van der Waals surface area contributed by atoms with Crippen LogP contribution < -0.4 is 5.32 Å². The van der Waals surface area contributed by atoms with Crippen LogP contribution in [0.1, 0.15) is 32.6 Å². The first-order valence-corrected chi connectivity index (χ1v) is 6.39. The van der Waals surface area contributed by atoms with E-state index in [1.54, 1.807) is 0 Å². The highest BCUT2D eigenvalue weighted by Crippen LogP contribution is 2.17. The molecule has 0 aromatic carbocycles. The smallest absolute Gasteiger partial charge is 0.225 e. The largest absolute Gasteiger partial charge is 0.378 e. The number of amides is 1. The lowest BCUT2D eigenvalue weighted by Crippen LogP contribution is -2.52. The molecule has 2 atom stereocenters. The average Bonchev–Trinajstić information content (AvgIpc) is 2.31. The van der Waals surface area contributed by atoms with Crippen molar-refractivity contribution >= 4 is 18.3 Å².